The van der Waals surface area contributed by atoms with Crippen LogP contribution >= 0.6 is 0 Å². The number of benzene rings is 2. The Bertz CT molecular complexity index is 907. The number of nitrogens with zero attached hydrogens (tertiary/aromatic N) is 1. The van der Waals surface area contributed by atoms with E-state index in [-0.39, 0.29) is 5.91 Å². The standard InChI is InChI=1S/C22H23N3O2/c1-3-16-9-5-6-10-18(16)25-22(26)20-14-13-17(15-23-20)24-19-11-7-8-12-21(19)27-4-2/h5-15,24H,3-4H2,1-2H3,(H,25,26). The van der Waals surface area contributed by atoms with Crippen LogP contribution in [0.1, 0.15) is 29.9 Å². The molecule has 0 radical (unpaired) electrons. The first-order valence-corrected chi connectivity index (χ1v) is 9.05. The number of hydrogen-bond donors (Lipinski definition) is 2. The van der Waals surface area contributed by atoms with Gasteiger partial charge in [0.1, 0.15) is 11.4 Å². The lowest BCUT2D eigenvalue weighted by molar-refractivity contribution is 0.102. The number of pyridine rings is 1. The summed E-state index contributed by atoms with van der Waals surface area (Å²) >= 11 is 0. The minimum atomic E-state index is -0.225. The molecule has 0 aliphatic heterocycles. The van der Waals surface area contributed by atoms with Gasteiger partial charge in [-0.1, -0.05) is 37.3 Å². The second-order valence-corrected chi connectivity index (χ2v) is 5.95. The van der Waals surface area contributed by atoms with Gasteiger partial charge in [0.25, 0.3) is 5.91 Å². The molecule has 2 N–H and O–H groups in total. The van der Waals surface area contributed by atoms with E-state index in [2.05, 4.69) is 22.5 Å². The summed E-state index contributed by atoms with van der Waals surface area (Å²) in [5.41, 5.74) is 3.92. The predicted octanol–water partition coefficient (Wildman–Crippen LogP) is 5.04. The Morgan fingerprint density at radius 2 is 1.70 bits per heavy atom. The molecule has 0 saturated carbocycles. The summed E-state index contributed by atoms with van der Waals surface area (Å²) in [5.74, 6) is 0.551. The predicted molar refractivity (Wildman–Crippen MR) is 109 cm³/mol. The van der Waals surface area contributed by atoms with Crippen molar-refractivity contribution in [3.8, 4) is 5.75 Å². The molecule has 0 aliphatic carbocycles. The van der Waals surface area contributed by atoms with E-state index in [1.54, 1.807) is 12.3 Å². The summed E-state index contributed by atoms with van der Waals surface area (Å²) in [5, 5.41) is 6.20. The number of carbonyl (C=O) groups excluding carboxylic acids is 1. The first-order chi connectivity index (χ1) is 13.2. The molecule has 138 valence electrons. The zero-order valence-corrected chi connectivity index (χ0v) is 15.5. The summed E-state index contributed by atoms with van der Waals surface area (Å²) in [6.07, 6.45) is 2.50. The molecule has 0 atom stereocenters. The van der Waals surface area contributed by atoms with Crippen LogP contribution < -0.4 is 15.4 Å². The van der Waals surface area contributed by atoms with Crippen LogP contribution in [0.2, 0.25) is 0 Å². The summed E-state index contributed by atoms with van der Waals surface area (Å²) in [4.78, 5) is 16.8. The van der Waals surface area contributed by atoms with Gasteiger partial charge >= 0.3 is 0 Å². The zero-order valence-electron chi connectivity index (χ0n) is 15.5. The third-order valence-corrected chi connectivity index (χ3v) is 4.11. The van der Waals surface area contributed by atoms with Crippen molar-refractivity contribution in [2.24, 2.45) is 0 Å². The number of hydrogen-bond acceptors (Lipinski definition) is 4. The summed E-state index contributed by atoms with van der Waals surface area (Å²) in [6.45, 7) is 4.60. The number of ether oxygens (including phenoxy) is 1. The monoisotopic (exact) mass is 361 g/mol. The fourth-order valence-electron chi connectivity index (χ4n) is 2.75. The van der Waals surface area contributed by atoms with Gasteiger partial charge in [-0.05, 0) is 49.2 Å². The fourth-order valence-corrected chi connectivity index (χ4v) is 2.75. The first kappa shape index (κ1) is 18.5. The van der Waals surface area contributed by atoms with Gasteiger partial charge in [-0.15, -0.1) is 0 Å². The maximum atomic E-state index is 12.5. The molecular formula is C22H23N3O2. The van der Waals surface area contributed by atoms with E-state index < -0.39 is 0 Å². The number of para-hydroxylation sites is 3. The Kier molecular flexibility index (Phi) is 6.05. The van der Waals surface area contributed by atoms with Crippen LogP contribution in [0.5, 0.6) is 5.75 Å². The van der Waals surface area contributed by atoms with Crippen molar-refractivity contribution in [3.63, 3.8) is 0 Å². The third kappa shape index (κ3) is 4.64. The normalized spacial score (nSPS) is 10.3. The number of rotatable bonds is 7. The molecule has 0 saturated heterocycles. The quantitative estimate of drug-likeness (QED) is 0.619. The van der Waals surface area contributed by atoms with Crippen molar-refractivity contribution in [1.29, 1.82) is 0 Å². The van der Waals surface area contributed by atoms with Crippen LogP contribution in [0.25, 0.3) is 0 Å². The molecule has 27 heavy (non-hydrogen) atoms. The molecule has 5 nitrogen and oxygen atoms in total. The first-order valence-electron chi connectivity index (χ1n) is 9.05. The van der Waals surface area contributed by atoms with Gasteiger partial charge in [0.05, 0.1) is 24.2 Å². The largest absolute Gasteiger partial charge is 0.492 e. The Morgan fingerprint density at radius 3 is 2.41 bits per heavy atom. The average molecular weight is 361 g/mol. The number of carbonyl (C=O) groups is 1. The Balaban J connectivity index is 1.71. The highest BCUT2D eigenvalue weighted by Crippen LogP contribution is 2.27. The van der Waals surface area contributed by atoms with Crippen molar-refractivity contribution in [2.75, 3.05) is 17.2 Å². The lowest BCUT2D eigenvalue weighted by Gasteiger charge is -2.12. The van der Waals surface area contributed by atoms with E-state index in [1.165, 1.54) is 0 Å². The molecule has 1 amide bonds. The SMILES string of the molecule is CCOc1ccccc1Nc1ccc(C(=O)Nc2ccccc2CC)nc1. The second-order valence-electron chi connectivity index (χ2n) is 5.95. The maximum absolute atomic E-state index is 12.5. The highest BCUT2D eigenvalue weighted by molar-refractivity contribution is 6.03. The van der Waals surface area contributed by atoms with Crippen LogP contribution in [-0.2, 0) is 6.42 Å². The molecule has 3 aromatic rings. The number of aryl methyl sites for hydroxylation is 1. The number of nitrogens with one attached hydrogen (secondary N) is 2. The summed E-state index contributed by atoms with van der Waals surface area (Å²) in [7, 11) is 0. The van der Waals surface area contributed by atoms with Gasteiger partial charge in [0.15, 0.2) is 0 Å². The minimum Gasteiger partial charge on any atom is -0.492 e. The topological polar surface area (TPSA) is 63.2 Å². The molecule has 5 heteroatoms. The lowest BCUT2D eigenvalue weighted by Crippen LogP contribution is -2.14. The van der Waals surface area contributed by atoms with Crippen molar-refractivity contribution >= 4 is 23.0 Å². The van der Waals surface area contributed by atoms with E-state index in [1.807, 2.05) is 61.5 Å². The van der Waals surface area contributed by atoms with Crippen LogP contribution in [-0.4, -0.2) is 17.5 Å². The van der Waals surface area contributed by atoms with Crippen LogP contribution in [0.3, 0.4) is 0 Å². The molecule has 0 spiro atoms. The van der Waals surface area contributed by atoms with E-state index >= 15 is 0 Å². The molecule has 3 rings (SSSR count). The van der Waals surface area contributed by atoms with Crippen LogP contribution in [0, 0.1) is 0 Å². The van der Waals surface area contributed by atoms with Crippen molar-refractivity contribution in [1.82, 2.24) is 4.98 Å². The van der Waals surface area contributed by atoms with E-state index in [9.17, 15) is 4.79 Å². The maximum Gasteiger partial charge on any atom is 0.274 e. The summed E-state index contributed by atoms with van der Waals surface area (Å²) < 4.78 is 5.61. The minimum absolute atomic E-state index is 0.225. The molecule has 0 aliphatic rings. The molecule has 0 fully saturated rings. The number of amides is 1. The molecule has 1 aromatic heterocycles. The van der Waals surface area contributed by atoms with Gasteiger partial charge < -0.3 is 15.4 Å². The highest BCUT2D eigenvalue weighted by atomic mass is 16.5. The Labute approximate surface area is 159 Å². The molecular weight excluding hydrogens is 338 g/mol. The molecule has 0 unspecified atom stereocenters. The van der Waals surface area contributed by atoms with Crippen LogP contribution in [0.15, 0.2) is 66.9 Å². The van der Waals surface area contributed by atoms with Gasteiger partial charge in [0, 0.05) is 5.69 Å². The van der Waals surface area contributed by atoms with Gasteiger partial charge in [-0.2, -0.15) is 0 Å². The Hall–Kier alpha value is -3.34. The zero-order chi connectivity index (χ0) is 19.1. The third-order valence-electron chi connectivity index (χ3n) is 4.11. The van der Waals surface area contributed by atoms with E-state index in [0.29, 0.717) is 12.3 Å². The van der Waals surface area contributed by atoms with Gasteiger partial charge in [0.2, 0.25) is 0 Å². The van der Waals surface area contributed by atoms with Crippen molar-refractivity contribution < 1.29 is 9.53 Å². The summed E-state index contributed by atoms with van der Waals surface area (Å²) in [6, 6.07) is 19.0. The molecule has 2 aromatic carbocycles. The smallest absolute Gasteiger partial charge is 0.274 e. The lowest BCUT2D eigenvalue weighted by atomic mass is 10.1. The number of aromatic nitrogens is 1. The fraction of sp³-hybridized carbons (Fsp3) is 0.182. The number of anilines is 3. The second kappa shape index (κ2) is 8.85. The Morgan fingerprint density at radius 1 is 0.963 bits per heavy atom. The molecule has 0 bridgehead atoms. The van der Waals surface area contributed by atoms with Gasteiger partial charge in [-0.3, -0.25) is 4.79 Å². The average Bonchev–Trinajstić information content (AvgIpc) is 2.70. The van der Waals surface area contributed by atoms with E-state index in [4.69, 9.17) is 4.74 Å². The van der Waals surface area contributed by atoms with Crippen molar-refractivity contribution in [3.05, 3.63) is 78.1 Å². The molecule has 1 heterocycles. The van der Waals surface area contributed by atoms with Crippen LogP contribution in [0.4, 0.5) is 17.1 Å². The highest BCUT2D eigenvalue weighted by Gasteiger charge is 2.10. The van der Waals surface area contributed by atoms with Gasteiger partial charge in [-0.25, -0.2) is 4.98 Å². The van der Waals surface area contributed by atoms with E-state index in [0.717, 1.165) is 34.8 Å². The van der Waals surface area contributed by atoms with Crippen molar-refractivity contribution in [2.45, 2.75) is 20.3 Å².